The Morgan fingerprint density at radius 1 is 1.22 bits per heavy atom. The van der Waals surface area contributed by atoms with Crippen LogP contribution in [0.4, 0.5) is 5.82 Å². The number of nitrogens with zero attached hydrogens (tertiary/aromatic N) is 2. The molecule has 0 aliphatic carbocycles. The summed E-state index contributed by atoms with van der Waals surface area (Å²) in [4.78, 5) is 11.9. The Bertz CT molecular complexity index is 816. The van der Waals surface area contributed by atoms with E-state index < -0.39 is 0 Å². The van der Waals surface area contributed by atoms with Gasteiger partial charge >= 0.3 is 0 Å². The molecule has 0 bridgehead atoms. The molecule has 0 saturated heterocycles. The maximum Gasteiger partial charge on any atom is 0.249 e. The second-order valence-electron chi connectivity index (χ2n) is 5.16. The maximum atomic E-state index is 11.9. The fourth-order valence-corrected chi connectivity index (χ4v) is 2.16. The number of aryl methyl sites for hydroxylation is 1. The molecule has 23 heavy (non-hydrogen) atoms. The molecule has 0 aliphatic rings. The van der Waals surface area contributed by atoms with Crippen molar-refractivity contribution in [1.82, 2.24) is 9.78 Å². The van der Waals surface area contributed by atoms with Crippen LogP contribution in [0.15, 0.2) is 65.2 Å². The molecule has 2 heterocycles. The summed E-state index contributed by atoms with van der Waals surface area (Å²) < 4.78 is 7.15. The summed E-state index contributed by atoms with van der Waals surface area (Å²) in [5, 5.41) is 7.06. The van der Waals surface area contributed by atoms with Gasteiger partial charge in [0, 0.05) is 18.3 Å². The maximum absolute atomic E-state index is 11.9. The number of amides is 1. The van der Waals surface area contributed by atoms with E-state index in [1.807, 2.05) is 55.6 Å². The normalized spacial score (nSPS) is 11.0. The predicted octanol–water partition coefficient (Wildman–Crippen LogP) is 3.48. The highest BCUT2D eigenvalue weighted by molar-refractivity contribution is 6.01. The van der Waals surface area contributed by atoms with Crippen molar-refractivity contribution in [2.24, 2.45) is 0 Å². The third-order valence-electron chi connectivity index (χ3n) is 3.24. The lowest BCUT2D eigenvalue weighted by Crippen LogP contribution is -2.09. The molecule has 0 radical (unpaired) electrons. The fraction of sp³-hybridized carbons (Fsp3) is 0.111. The summed E-state index contributed by atoms with van der Waals surface area (Å²) in [6, 6.07) is 15.5. The van der Waals surface area contributed by atoms with E-state index in [9.17, 15) is 4.79 Å². The first-order chi connectivity index (χ1) is 11.2. The summed E-state index contributed by atoms with van der Waals surface area (Å²) in [6.45, 7) is 2.52. The van der Waals surface area contributed by atoms with Gasteiger partial charge in [-0.05, 0) is 30.7 Å². The van der Waals surface area contributed by atoms with E-state index in [1.165, 1.54) is 6.08 Å². The number of furan rings is 1. The molecule has 0 saturated carbocycles. The Balaban J connectivity index is 1.58. The molecule has 1 amide bonds. The molecule has 2 aromatic heterocycles. The Morgan fingerprint density at radius 3 is 2.78 bits per heavy atom. The minimum Gasteiger partial charge on any atom is -0.462 e. The highest BCUT2D eigenvalue weighted by Crippen LogP contribution is 2.09. The van der Waals surface area contributed by atoms with Gasteiger partial charge in [0.25, 0.3) is 0 Å². The van der Waals surface area contributed by atoms with Crippen LogP contribution < -0.4 is 5.32 Å². The largest absolute Gasteiger partial charge is 0.462 e. The molecule has 3 rings (SSSR count). The van der Waals surface area contributed by atoms with E-state index in [0.29, 0.717) is 18.1 Å². The molecule has 1 aromatic carbocycles. The lowest BCUT2D eigenvalue weighted by Gasteiger charge is -2.01. The molecule has 5 nitrogen and oxygen atoms in total. The van der Waals surface area contributed by atoms with Crippen LogP contribution in [-0.4, -0.2) is 15.7 Å². The number of anilines is 1. The number of rotatable bonds is 5. The van der Waals surface area contributed by atoms with Crippen molar-refractivity contribution < 1.29 is 9.21 Å². The summed E-state index contributed by atoms with van der Waals surface area (Å²) in [5.74, 6) is 1.73. The predicted molar refractivity (Wildman–Crippen MR) is 88.9 cm³/mol. The highest BCUT2D eigenvalue weighted by atomic mass is 16.3. The van der Waals surface area contributed by atoms with Crippen LogP contribution in [0.3, 0.4) is 0 Å². The van der Waals surface area contributed by atoms with Gasteiger partial charge in [-0.15, -0.1) is 0 Å². The van der Waals surface area contributed by atoms with Crippen LogP contribution in [0.5, 0.6) is 0 Å². The van der Waals surface area contributed by atoms with E-state index in [0.717, 1.165) is 11.3 Å². The molecule has 0 atom stereocenters. The minimum atomic E-state index is -0.246. The third-order valence-corrected chi connectivity index (χ3v) is 3.24. The molecule has 0 aliphatic heterocycles. The first-order valence-electron chi connectivity index (χ1n) is 7.32. The average Bonchev–Trinajstić information content (AvgIpc) is 3.15. The van der Waals surface area contributed by atoms with Crippen molar-refractivity contribution in [3.8, 4) is 0 Å². The number of nitrogens with one attached hydrogen (secondary N) is 1. The van der Waals surface area contributed by atoms with Gasteiger partial charge in [0.2, 0.25) is 5.91 Å². The number of carbonyl (C=O) groups excluding carboxylic acids is 1. The molecule has 0 spiro atoms. The first kappa shape index (κ1) is 14.8. The van der Waals surface area contributed by atoms with E-state index >= 15 is 0 Å². The zero-order valence-corrected chi connectivity index (χ0v) is 12.8. The van der Waals surface area contributed by atoms with Gasteiger partial charge in [0.1, 0.15) is 11.5 Å². The minimum absolute atomic E-state index is 0.246. The lowest BCUT2D eigenvalue weighted by molar-refractivity contribution is -0.111. The van der Waals surface area contributed by atoms with Crippen LogP contribution in [-0.2, 0) is 11.3 Å². The van der Waals surface area contributed by atoms with Gasteiger partial charge in [-0.2, -0.15) is 5.10 Å². The fourth-order valence-electron chi connectivity index (χ4n) is 2.16. The van der Waals surface area contributed by atoms with E-state index in [4.69, 9.17) is 4.42 Å². The third kappa shape index (κ3) is 4.20. The molecule has 5 heteroatoms. The number of benzene rings is 1. The van der Waals surface area contributed by atoms with Crippen molar-refractivity contribution in [2.45, 2.75) is 13.5 Å². The van der Waals surface area contributed by atoms with E-state index in [2.05, 4.69) is 10.4 Å². The first-order valence-corrected chi connectivity index (χ1v) is 7.32. The van der Waals surface area contributed by atoms with Crippen molar-refractivity contribution in [3.63, 3.8) is 0 Å². The number of aromatic nitrogens is 2. The van der Waals surface area contributed by atoms with Gasteiger partial charge in [-0.25, -0.2) is 0 Å². The van der Waals surface area contributed by atoms with Gasteiger partial charge in [-0.3, -0.25) is 9.48 Å². The molecule has 116 valence electrons. The zero-order valence-electron chi connectivity index (χ0n) is 12.8. The monoisotopic (exact) mass is 307 g/mol. The van der Waals surface area contributed by atoms with Crippen LogP contribution in [0.2, 0.25) is 0 Å². The highest BCUT2D eigenvalue weighted by Gasteiger charge is 2.03. The van der Waals surface area contributed by atoms with Gasteiger partial charge in [-0.1, -0.05) is 30.3 Å². The summed E-state index contributed by atoms with van der Waals surface area (Å²) in [5.41, 5.74) is 1.15. The number of hydrogen-bond acceptors (Lipinski definition) is 3. The lowest BCUT2D eigenvalue weighted by atomic mass is 10.2. The Kier molecular flexibility index (Phi) is 4.38. The summed E-state index contributed by atoms with van der Waals surface area (Å²) in [6.07, 6.45) is 4.89. The number of carbonyl (C=O) groups is 1. The second-order valence-corrected chi connectivity index (χ2v) is 5.16. The quantitative estimate of drug-likeness (QED) is 0.734. The summed E-state index contributed by atoms with van der Waals surface area (Å²) >= 11 is 0. The van der Waals surface area contributed by atoms with Crippen LogP contribution in [0.1, 0.15) is 17.1 Å². The Hall–Kier alpha value is -3.08. The van der Waals surface area contributed by atoms with Crippen LogP contribution >= 0.6 is 0 Å². The molecule has 3 aromatic rings. The van der Waals surface area contributed by atoms with Crippen LogP contribution in [0.25, 0.3) is 6.08 Å². The molecular weight excluding hydrogens is 290 g/mol. The molecule has 0 unspecified atom stereocenters. The zero-order chi connectivity index (χ0) is 16.1. The van der Waals surface area contributed by atoms with Crippen molar-refractivity contribution >= 4 is 17.8 Å². The second kappa shape index (κ2) is 6.79. The van der Waals surface area contributed by atoms with E-state index in [-0.39, 0.29) is 5.91 Å². The van der Waals surface area contributed by atoms with Crippen molar-refractivity contribution in [2.75, 3.05) is 5.32 Å². The van der Waals surface area contributed by atoms with E-state index in [1.54, 1.807) is 16.8 Å². The number of hydrogen-bond donors (Lipinski definition) is 1. The Morgan fingerprint density at radius 2 is 2.04 bits per heavy atom. The van der Waals surface area contributed by atoms with Crippen molar-refractivity contribution in [1.29, 1.82) is 0 Å². The molecule has 0 fully saturated rings. The smallest absolute Gasteiger partial charge is 0.249 e. The van der Waals surface area contributed by atoms with Gasteiger partial charge in [0.05, 0.1) is 6.54 Å². The van der Waals surface area contributed by atoms with Crippen LogP contribution in [0, 0.1) is 6.92 Å². The Labute approximate surface area is 134 Å². The average molecular weight is 307 g/mol. The SMILES string of the molecule is Cc1ccc(C=CC(=O)Nc2ccn(Cc3ccccc3)n2)o1. The van der Waals surface area contributed by atoms with Gasteiger partial charge in [0.15, 0.2) is 5.82 Å². The molecular formula is C18H17N3O2. The van der Waals surface area contributed by atoms with Gasteiger partial charge < -0.3 is 9.73 Å². The standard InChI is InChI=1S/C18H17N3O2/c1-14-7-8-16(23-14)9-10-18(22)19-17-11-12-21(20-17)13-15-5-3-2-4-6-15/h2-12H,13H2,1H3,(H,19,20,22). The summed E-state index contributed by atoms with van der Waals surface area (Å²) in [7, 11) is 0. The topological polar surface area (TPSA) is 60.1 Å². The van der Waals surface area contributed by atoms with Crippen molar-refractivity contribution in [3.05, 3.63) is 77.9 Å². The molecule has 1 N–H and O–H groups in total.